The summed E-state index contributed by atoms with van der Waals surface area (Å²) in [6.45, 7) is 0. The van der Waals surface area contributed by atoms with E-state index in [9.17, 15) is 24.6 Å². The third-order valence-electron chi connectivity index (χ3n) is 1.17. The maximum absolute atomic E-state index is 10.1. The summed E-state index contributed by atoms with van der Waals surface area (Å²) in [4.78, 5) is 30.0. The molecular formula is C6H6K2O6. The van der Waals surface area contributed by atoms with Crippen molar-refractivity contribution in [3.8, 4) is 0 Å². The molecule has 8 heteroatoms. The first-order valence-corrected chi connectivity index (χ1v) is 3.06. The van der Waals surface area contributed by atoms with Crippen LogP contribution in [-0.2, 0) is 14.4 Å². The van der Waals surface area contributed by atoms with Gasteiger partial charge in [-0.3, -0.25) is 4.79 Å². The van der Waals surface area contributed by atoms with Gasteiger partial charge in [-0.1, -0.05) is 0 Å². The molecule has 0 aliphatic heterocycles. The Morgan fingerprint density at radius 2 is 1.50 bits per heavy atom. The number of carboxylic acids is 3. The topological polar surface area (TPSA) is 118 Å². The minimum absolute atomic E-state index is 0. The number of hydrogen-bond acceptors (Lipinski definition) is 5. The number of carboxylic acid groups (broad SMARTS) is 3. The molecule has 0 aromatic carbocycles. The third kappa shape index (κ3) is 11.8. The molecule has 0 aliphatic carbocycles. The molecule has 6 nitrogen and oxygen atoms in total. The summed E-state index contributed by atoms with van der Waals surface area (Å²) in [5.41, 5.74) is 0. The summed E-state index contributed by atoms with van der Waals surface area (Å²) in [6.07, 6.45) is -1.61. The summed E-state index contributed by atoms with van der Waals surface area (Å²) in [6, 6.07) is 0. The van der Waals surface area contributed by atoms with Crippen molar-refractivity contribution in [1.29, 1.82) is 0 Å². The van der Waals surface area contributed by atoms with E-state index < -0.39 is 36.7 Å². The van der Waals surface area contributed by atoms with Gasteiger partial charge in [0.05, 0.1) is 6.42 Å². The van der Waals surface area contributed by atoms with Crippen LogP contribution >= 0.6 is 0 Å². The fourth-order valence-corrected chi connectivity index (χ4v) is 0.651. The van der Waals surface area contributed by atoms with E-state index in [2.05, 4.69) is 0 Å². The molecule has 0 spiro atoms. The number of rotatable bonds is 5. The van der Waals surface area contributed by atoms with E-state index in [0.717, 1.165) is 0 Å². The van der Waals surface area contributed by atoms with Crippen molar-refractivity contribution in [3.05, 3.63) is 0 Å². The van der Waals surface area contributed by atoms with Crippen LogP contribution in [0.2, 0.25) is 0 Å². The third-order valence-corrected chi connectivity index (χ3v) is 1.17. The summed E-state index contributed by atoms with van der Waals surface area (Å²) >= 11 is 0. The van der Waals surface area contributed by atoms with Crippen LogP contribution in [-0.4, -0.2) is 23.0 Å². The second-order valence-corrected chi connectivity index (χ2v) is 2.19. The first-order chi connectivity index (χ1) is 5.43. The van der Waals surface area contributed by atoms with Gasteiger partial charge < -0.3 is 24.9 Å². The van der Waals surface area contributed by atoms with Gasteiger partial charge >= 0.3 is 109 Å². The van der Waals surface area contributed by atoms with Gasteiger partial charge in [-0.25, -0.2) is 0 Å². The molecule has 0 aliphatic rings. The monoisotopic (exact) mass is 252 g/mol. The van der Waals surface area contributed by atoms with Gasteiger partial charge in [0.15, 0.2) is 0 Å². The van der Waals surface area contributed by atoms with E-state index >= 15 is 0 Å². The van der Waals surface area contributed by atoms with Gasteiger partial charge in [0.2, 0.25) is 0 Å². The van der Waals surface area contributed by atoms with E-state index in [0.29, 0.717) is 0 Å². The molecule has 0 radical (unpaired) electrons. The van der Waals surface area contributed by atoms with E-state index in [-0.39, 0.29) is 103 Å². The van der Waals surface area contributed by atoms with Crippen molar-refractivity contribution in [2.24, 2.45) is 5.92 Å². The van der Waals surface area contributed by atoms with Crippen molar-refractivity contribution in [2.45, 2.75) is 12.8 Å². The second kappa shape index (κ2) is 11.2. The zero-order valence-electron chi connectivity index (χ0n) is 7.98. The number of carbonyl (C=O) groups excluding carboxylic acids is 2. The van der Waals surface area contributed by atoms with Gasteiger partial charge in [-0.15, -0.1) is 0 Å². The molecule has 0 saturated heterocycles. The van der Waals surface area contributed by atoms with E-state index in [1.807, 2.05) is 0 Å². The Labute approximate surface area is 165 Å². The minimum Gasteiger partial charge on any atom is -0.550 e. The summed E-state index contributed by atoms with van der Waals surface area (Å²) in [5.74, 6) is -6.20. The Morgan fingerprint density at radius 3 is 1.71 bits per heavy atom. The standard InChI is InChI=1S/C6H8O6.2K/c7-4(8)1-3(6(11)12)2-5(9)10;;/h3H,1-2H2,(H,7,8)(H,9,10)(H,11,12);;/q;2*+1/p-2. The largest absolute Gasteiger partial charge is 1.00 e. The SMILES string of the molecule is O=C([O-])CC(CC(=O)O)C(=O)[O-].[K+].[K+]. The molecule has 0 rings (SSSR count). The number of carbonyl (C=O) groups is 3. The van der Waals surface area contributed by atoms with Crippen molar-refractivity contribution in [2.75, 3.05) is 0 Å². The van der Waals surface area contributed by atoms with Crippen LogP contribution in [0, 0.1) is 5.92 Å². The van der Waals surface area contributed by atoms with Crippen LogP contribution in [0.4, 0.5) is 0 Å². The second-order valence-electron chi connectivity index (χ2n) is 2.19. The van der Waals surface area contributed by atoms with Crippen LogP contribution < -0.4 is 113 Å². The molecule has 0 heterocycles. The van der Waals surface area contributed by atoms with Gasteiger partial charge in [0, 0.05) is 17.9 Å². The Hall–Kier alpha value is 1.68. The first kappa shape index (κ1) is 21.0. The molecule has 1 N–H and O–H groups in total. The zero-order valence-corrected chi connectivity index (χ0v) is 14.2. The molecule has 1 atom stereocenters. The predicted octanol–water partition coefficient (Wildman–Crippen LogP) is -9.02. The molecule has 1 unspecified atom stereocenters. The molecular weight excluding hydrogens is 246 g/mol. The normalized spacial score (nSPS) is 10.3. The Bertz CT molecular complexity index is 200. The minimum atomic E-state index is -1.69. The van der Waals surface area contributed by atoms with Gasteiger partial charge in [0.1, 0.15) is 0 Å². The van der Waals surface area contributed by atoms with Gasteiger partial charge in [0.25, 0.3) is 0 Å². The van der Waals surface area contributed by atoms with Crippen LogP contribution in [0.5, 0.6) is 0 Å². The van der Waals surface area contributed by atoms with Crippen LogP contribution in [0.15, 0.2) is 0 Å². The Morgan fingerprint density at radius 1 is 1.07 bits per heavy atom. The maximum Gasteiger partial charge on any atom is 1.00 e. The molecule has 0 bridgehead atoms. The van der Waals surface area contributed by atoms with Crippen LogP contribution in [0.3, 0.4) is 0 Å². The number of aliphatic carboxylic acids is 3. The van der Waals surface area contributed by atoms with Gasteiger partial charge in [-0.2, -0.15) is 0 Å². The molecule has 0 aromatic heterocycles. The molecule has 0 aromatic rings. The van der Waals surface area contributed by atoms with Crippen LogP contribution in [0.25, 0.3) is 0 Å². The number of hydrogen-bond donors (Lipinski definition) is 1. The molecule has 0 saturated carbocycles. The smallest absolute Gasteiger partial charge is 0.550 e. The molecule has 68 valence electrons. The molecule has 0 fully saturated rings. The van der Waals surface area contributed by atoms with Crippen molar-refractivity contribution in [3.63, 3.8) is 0 Å². The molecule has 0 amide bonds. The maximum atomic E-state index is 10.1. The van der Waals surface area contributed by atoms with Crippen molar-refractivity contribution >= 4 is 17.9 Å². The quantitative estimate of drug-likeness (QED) is 0.485. The average Bonchev–Trinajstić information content (AvgIpc) is 1.83. The average molecular weight is 252 g/mol. The summed E-state index contributed by atoms with van der Waals surface area (Å²) in [5, 5.41) is 28.1. The van der Waals surface area contributed by atoms with E-state index in [4.69, 9.17) is 5.11 Å². The Balaban J connectivity index is -0.000000605. The first-order valence-electron chi connectivity index (χ1n) is 3.06. The summed E-state index contributed by atoms with van der Waals surface area (Å²) in [7, 11) is 0. The predicted molar refractivity (Wildman–Crippen MR) is 30.4 cm³/mol. The fourth-order valence-electron chi connectivity index (χ4n) is 0.651. The fraction of sp³-hybridized carbons (Fsp3) is 0.500. The van der Waals surface area contributed by atoms with Crippen molar-refractivity contribution in [1.82, 2.24) is 0 Å². The van der Waals surface area contributed by atoms with E-state index in [1.165, 1.54) is 0 Å². The molecule has 14 heavy (non-hydrogen) atoms. The van der Waals surface area contributed by atoms with E-state index in [1.54, 1.807) is 0 Å². The van der Waals surface area contributed by atoms with Gasteiger partial charge in [-0.05, 0) is 6.42 Å². The van der Waals surface area contributed by atoms with Crippen molar-refractivity contribution < 1.29 is 132 Å². The van der Waals surface area contributed by atoms with Crippen LogP contribution in [0.1, 0.15) is 12.8 Å². The Kier molecular flexibility index (Phi) is 16.8. The zero-order chi connectivity index (χ0) is 9.72. The summed E-state index contributed by atoms with van der Waals surface area (Å²) < 4.78 is 0.